The zero-order chi connectivity index (χ0) is 14.5. The Morgan fingerprint density at radius 3 is 2.85 bits per heavy atom. The minimum atomic E-state index is 0.319. The van der Waals surface area contributed by atoms with Gasteiger partial charge in [-0.05, 0) is 12.8 Å². The Labute approximate surface area is 121 Å². The number of rotatable bonds is 6. The summed E-state index contributed by atoms with van der Waals surface area (Å²) in [7, 11) is 1.78. The number of hydrogen-bond acceptors (Lipinski definition) is 5. The van der Waals surface area contributed by atoms with E-state index in [1.165, 1.54) is 0 Å². The molecule has 1 aromatic heterocycles. The third-order valence-electron chi connectivity index (χ3n) is 3.60. The molecule has 1 aromatic rings. The molecule has 0 amide bonds. The first-order chi connectivity index (χ1) is 9.63. The first-order valence-electron chi connectivity index (χ1n) is 7.54. The van der Waals surface area contributed by atoms with E-state index in [1.54, 1.807) is 7.11 Å². The van der Waals surface area contributed by atoms with E-state index in [1.807, 2.05) is 0 Å². The van der Waals surface area contributed by atoms with E-state index >= 15 is 0 Å². The Morgan fingerprint density at radius 2 is 2.25 bits per heavy atom. The molecular weight excluding hydrogens is 252 g/mol. The fourth-order valence-electron chi connectivity index (χ4n) is 2.35. The van der Waals surface area contributed by atoms with Crippen LogP contribution < -0.4 is 10.2 Å². The van der Waals surface area contributed by atoms with Crippen molar-refractivity contribution >= 4 is 11.6 Å². The molecule has 2 rings (SSSR count). The van der Waals surface area contributed by atoms with Crippen molar-refractivity contribution in [3.8, 4) is 0 Å². The minimum absolute atomic E-state index is 0.319. The minimum Gasteiger partial charge on any atom is -0.380 e. The van der Waals surface area contributed by atoms with Gasteiger partial charge in [-0.2, -0.15) is 0 Å². The summed E-state index contributed by atoms with van der Waals surface area (Å²) in [6.45, 7) is 9.27. The van der Waals surface area contributed by atoms with Crippen molar-refractivity contribution in [3.63, 3.8) is 0 Å². The lowest BCUT2D eigenvalue weighted by molar-refractivity contribution is 0.121. The van der Waals surface area contributed by atoms with Gasteiger partial charge in [0.2, 0.25) is 0 Å². The highest BCUT2D eigenvalue weighted by Crippen LogP contribution is 2.24. The molecule has 1 unspecified atom stereocenters. The zero-order valence-electron chi connectivity index (χ0n) is 13.0. The van der Waals surface area contributed by atoms with E-state index in [9.17, 15) is 0 Å². The van der Waals surface area contributed by atoms with Gasteiger partial charge in [0.05, 0.1) is 6.10 Å². The van der Waals surface area contributed by atoms with Crippen LogP contribution in [0.25, 0.3) is 0 Å². The van der Waals surface area contributed by atoms with Gasteiger partial charge >= 0.3 is 0 Å². The summed E-state index contributed by atoms with van der Waals surface area (Å²) in [4.78, 5) is 11.6. The van der Waals surface area contributed by atoms with Crippen LogP contribution in [0, 0.1) is 0 Å². The Balaban J connectivity index is 2.20. The van der Waals surface area contributed by atoms with E-state index in [-0.39, 0.29) is 0 Å². The molecule has 1 N–H and O–H groups in total. The fourth-order valence-corrected chi connectivity index (χ4v) is 2.35. The van der Waals surface area contributed by atoms with Crippen molar-refractivity contribution in [1.29, 1.82) is 0 Å². The maximum atomic E-state index is 5.43. The molecule has 0 saturated carbocycles. The molecule has 1 aliphatic heterocycles. The number of anilines is 2. The van der Waals surface area contributed by atoms with Gasteiger partial charge in [-0.3, -0.25) is 0 Å². The van der Waals surface area contributed by atoms with Crippen molar-refractivity contribution < 1.29 is 4.74 Å². The lowest BCUT2D eigenvalue weighted by atomic mass is 10.2. The number of nitrogens with one attached hydrogen (secondary N) is 1. The van der Waals surface area contributed by atoms with Gasteiger partial charge in [0.1, 0.15) is 17.5 Å². The van der Waals surface area contributed by atoms with Crippen LogP contribution in [0.5, 0.6) is 0 Å². The second-order valence-corrected chi connectivity index (χ2v) is 5.64. The van der Waals surface area contributed by atoms with Crippen molar-refractivity contribution in [2.24, 2.45) is 0 Å². The van der Waals surface area contributed by atoms with Gasteiger partial charge in [-0.25, -0.2) is 9.97 Å². The molecule has 1 fully saturated rings. The van der Waals surface area contributed by atoms with Gasteiger partial charge in [0, 0.05) is 38.7 Å². The highest BCUT2D eigenvalue weighted by atomic mass is 16.5. The molecule has 1 aliphatic rings. The summed E-state index contributed by atoms with van der Waals surface area (Å²) in [5.74, 6) is 3.18. The average molecular weight is 278 g/mol. The van der Waals surface area contributed by atoms with Crippen LogP contribution in [0.1, 0.15) is 45.4 Å². The topological polar surface area (TPSA) is 50.3 Å². The summed E-state index contributed by atoms with van der Waals surface area (Å²) in [6.07, 6.45) is 2.47. The number of hydrogen-bond donors (Lipinski definition) is 1. The molecule has 112 valence electrons. The molecule has 0 bridgehead atoms. The first kappa shape index (κ1) is 15.0. The van der Waals surface area contributed by atoms with Crippen LogP contribution in [0.4, 0.5) is 11.6 Å². The highest BCUT2D eigenvalue weighted by Gasteiger charge is 2.24. The highest BCUT2D eigenvalue weighted by molar-refractivity contribution is 5.50. The first-order valence-corrected chi connectivity index (χ1v) is 7.54. The number of nitrogens with zero attached hydrogens (tertiary/aromatic N) is 3. The maximum Gasteiger partial charge on any atom is 0.135 e. The van der Waals surface area contributed by atoms with Gasteiger partial charge in [-0.15, -0.1) is 0 Å². The summed E-state index contributed by atoms with van der Waals surface area (Å²) < 4.78 is 5.43. The molecule has 0 spiro atoms. The third-order valence-corrected chi connectivity index (χ3v) is 3.60. The molecule has 0 aliphatic carbocycles. The summed E-state index contributed by atoms with van der Waals surface area (Å²) in [5, 5.41) is 3.37. The van der Waals surface area contributed by atoms with E-state index in [0.717, 1.165) is 49.9 Å². The maximum absolute atomic E-state index is 5.43. The van der Waals surface area contributed by atoms with Crippen molar-refractivity contribution in [2.75, 3.05) is 37.0 Å². The van der Waals surface area contributed by atoms with Crippen LogP contribution in [0.15, 0.2) is 6.07 Å². The largest absolute Gasteiger partial charge is 0.380 e. The predicted octanol–water partition coefficient (Wildman–Crippen LogP) is 2.65. The van der Waals surface area contributed by atoms with Crippen LogP contribution >= 0.6 is 0 Å². The van der Waals surface area contributed by atoms with Crippen LogP contribution in [0.3, 0.4) is 0 Å². The normalized spacial score (nSPS) is 18.9. The monoisotopic (exact) mass is 278 g/mol. The Hall–Kier alpha value is -1.36. The second kappa shape index (κ2) is 6.88. The van der Waals surface area contributed by atoms with E-state index in [0.29, 0.717) is 12.0 Å². The zero-order valence-corrected chi connectivity index (χ0v) is 13.0. The van der Waals surface area contributed by atoms with Crippen molar-refractivity contribution in [3.05, 3.63) is 11.9 Å². The lowest BCUT2D eigenvalue weighted by Crippen LogP contribution is -2.24. The molecule has 1 atom stereocenters. The molecule has 5 heteroatoms. The smallest absolute Gasteiger partial charge is 0.135 e. The van der Waals surface area contributed by atoms with Crippen LogP contribution in [0.2, 0.25) is 0 Å². The molecule has 5 nitrogen and oxygen atoms in total. The van der Waals surface area contributed by atoms with Gasteiger partial charge in [0.25, 0.3) is 0 Å². The van der Waals surface area contributed by atoms with Crippen LogP contribution in [-0.2, 0) is 4.74 Å². The lowest BCUT2D eigenvalue weighted by Gasteiger charge is -2.20. The van der Waals surface area contributed by atoms with Gasteiger partial charge < -0.3 is 15.0 Å². The quantitative estimate of drug-likeness (QED) is 0.867. The van der Waals surface area contributed by atoms with E-state index < -0.39 is 0 Å². The molecule has 0 aromatic carbocycles. The standard InChI is InChI=1S/C15H26N4O/c1-5-7-16-13-9-14(18-15(17-13)11(2)3)19-8-6-12(10-19)20-4/h9,11-12H,5-8,10H2,1-4H3,(H,16,17,18). The van der Waals surface area contributed by atoms with Gasteiger partial charge in [-0.1, -0.05) is 20.8 Å². The Kier molecular flexibility index (Phi) is 5.17. The summed E-state index contributed by atoms with van der Waals surface area (Å²) in [5.41, 5.74) is 0. The predicted molar refractivity (Wildman–Crippen MR) is 82.5 cm³/mol. The Morgan fingerprint density at radius 1 is 1.45 bits per heavy atom. The second-order valence-electron chi connectivity index (χ2n) is 5.64. The molecule has 0 radical (unpaired) electrons. The number of methoxy groups -OCH3 is 1. The van der Waals surface area contributed by atoms with Crippen molar-refractivity contribution in [2.45, 2.75) is 45.6 Å². The fraction of sp³-hybridized carbons (Fsp3) is 0.733. The van der Waals surface area contributed by atoms with E-state index in [2.05, 4.69) is 42.0 Å². The number of ether oxygens (including phenoxy) is 1. The average Bonchev–Trinajstić information content (AvgIpc) is 2.93. The van der Waals surface area contributed by atoms with Gasteiger partial charge in [0.15, 0.2) is 0 Å². The molecular formula is C15H26N4O. The summed E-state index contributed by atoms with van der Waals surface area (Å²) >= 11 is 0. The SMILES string of the molecule is CCCNc1cc(N2CCC(OC)C2)nc(C(C)C)n1. The van der Waals surface area contributed by atoms with Crippen LogP contribution in [-0.4, -0.2) is 42.8 Å². The molecule has 1 saturated heterocycles. The van der Waals surface area contributed by atoms with E-state index in [4.69, 9.17) is 9.72 Å². The van der Waals surface area contributed by atoms with Crippen molar-refractivity contribution in [1.82, 2.24) is 9.97 Å². The molecule has 2 heterocycles. The number of aromatic nitrogens is 2. The Bertz CT molecular complexity index is 436. The third kappa shape index (κ3) is 3.60. The summed E-state index contributed by atoms with van der Waals surface area (Å²) in [6, 6.07) is 2.06. The molecule has 20 heavy (non-hydrogen) atoms.